The molecule has 1 N–H and O–H groups in total. The Hall–Kier alpha value is -0.400. The number of nitrogens with one attached hydrogen (secondary N) is 1. The molecule has 1 aromatic carbocycles. The highest BCUT2D eigenvalue weighted by Gasteiger charge is 2.11. The van der Waals surface area contributed by atoms with Crippen molar-refractivity contribution < 1.29 is 0 Å². The second-order valence-corrected chi connectivity index (χ2v) is 3.64. The molecule has 13 heavy (non-hydrogen) atoms. The van der Waals surface area contributed by atoms with Crippen LogP contribution >= 0.6 is 24.0 Å². The zero-order chi connectivity index (χ0) is 8.55. The Kier molecular flexibility index (Phi) is 3.46. The molecule has 0 radical (unpaired) electrons. The van der Waals surface area contributed by atoms with E-state index < -0.39 is 0 Å². The normalized spacial score (nSPS) is 14.0. The van der Waals surface area contributed by atoms with Gasteiger partial charge in [-0.3, -0.25) is 0 Å². The number of fused-ring (bicyclic) bond motifs is 1. The van der Waals surface area contributed by atoms with Crippen molar-refractivity contribution in [1.82, 2.24) is 0 Å². The zero-order valence-corrected chi connectivity index (χ0v) is 9.13. The van der Waals surface area contributed by atoms with Gasteiger partial charge in [0, 0.05) is 17.3 Å². The molecule has 0 amide bonds. The third-order valence-electron chi connectivity index (χ3n) is 2.41. The molecule has 0 aromatic heterocycles. The van der Waals surface area contributed by atoms with Gasteiger partial charge in [0.2, 0.25) is 0 Å². The predicted molar refractivity (Wildman–Crippen MR) is 60.2 cm³/mol. The molecule has 0 bridgehead atoms. The van der Waals surface area contributed by atoms with Crippen molar-refractivity contribution in [2.45, 2.75) is 19.8 Å². The summed E-state index contributed by atoms with van der Waals surface area (Å²) in [4.78, 5) is 0. The van der Waals surface area contributed by atoms with Crippen molar-refractivity contribution in [3.05, 3.63) is 28.3 Å². The minimum atomic E-state index is 0. The molecule has 1 nitrogen and oxygen atoms in total. The maximum absolute atomic E-state index is 6.01. The molecule has 2 rings (SSSR count). The molecular weight excluding hydrogens is 205 g/mol. The minimum absolute atomic E-state index is 0. The summed E-state index contributed by atoms with van der Waals surface area (Å²) in [6.07, 6.45) is 2.41. The van der Waals surface area contributed by atoms with E-state index in [-0.39, 0.29) is 12.4 Å². The lowest BCUT2D eigenvalue weighted by Gasteiger charge is -2.20. The first kappa shape index (κ1) is 10.7. The number of hydrogen-bond acceptors (Lipinski definition) is 1. The largest absolute Gasteiger partial charge is 0.385 e. The highest BCUT2D eigenvalue weighted by Crippen LogP contribution is 2.30. The molecule has 1 aliphatic rings. The standard InChI is InChI=1S/C10H12ClN.ClH/c1-7-9(11)5-4-8-3-2-6-12-10(7)8;/h4-5,12H,2-3,6H2,1H3;1H. The van der Waals surface area contributed by atoms with Gasteiger partial charge in [-0.1, -0.05) is 17.7 Å². The van der Waals surface area contributed by atoms with Gasteiger partial charge < -0.3 is 5.32 Å². The van der Waals surface area contributed by atoms with E-state index in [9.17, 15) is 0 Å². The molecular formula is C10H13Cl2N. The number of hydrogen-bond donors (Lipinski definition) is 1. The SMILES string of the molecule is Cc1c(Cl)ccc2c1NCCC2.Cl. The molecule has 72 valence electrons. The lowest BCUT2D eigenvalue weighted by molar-refractivity contribution is 0.827. The van der Waals surface area contributed by atoms with E-state index in [2.05, 4.69) is 18.3 Å². The fourth-order valence-electron chi connectivity index (χ4n) is 1.69. The predicted octanol–water partition coefficient (Wildman–Crippen LogP) is 3.43. The first-order chi connectivity index (χ1) is 5.79. The number of rotatable bonds is 0. The molecule has 1 heterocycles. The first-order valence-corrected chi connectivity index (χ1v) is 4.68. The van der Waals surface area contributed by atoms with Crippen LogP contribution in [0.25, 0.3) is 0 Å². The fourth-order valence-corrected chi connectivity index (χ4v) is 1.85. The van der Waals surface area contributed by atoms with Crippen LogP contribution in [0.2, 0.25) is 5.02 Å². The van der Waals surface area contributed by atoms with Crippen LogP contribution in [0.1, 0.15) is 17.5 Å². The minimum Gasteiger partial charge on any atom is -0.385 e. The van der Waals surface area contributed by atoms with Crippen LogP contribution in [0.15, 0.2) is 12.1 Å². The van der Waals surface area contributed by atoms with Gasteiger partial charge in [-0.05, 0) is 37.0 Å². The zero-order valence-electron chi connectivity index (χ0n) is 7.56. The van der Waals surface area contributed by atoms with Gasteiger partial charge >= 0.3 is 0 Å². The number of aryl methyl sites for hydroxylation is 1. The van der Waals surface area contributed by atoms with Gasteiger partial charge in [0.05, 0.1) is 0 Å². The number of benzene rings is 1. The Bertz CT molecular complexity index is 310. The summed E-state index contributed by atoms with van der Waals surface area (Å²) in [6.45, 7) is 3.15. The van der Waals surface area contributed by atoms with E-state index in [4.69, 9.17) is 11.6 Å². The Balaban J connectivity index is 0.000000845. The monoisotopic (exact) mass is 217 g/mol. The van der Waals surface area contributed by atoms with Crippen LogP contribution in [-0.4, -0.2) is 6.54 Å². The van der Waals surface area contributed by atoms with Gasteiger partial charge in [0.25, 0.3) is 0 Å². The molecule has 0 aliphatic carbocycles. The quantitative estimate of drug-likeness (QED) is 0.703. The average Bonchev–Trinajstić information content (AvgIpc) is 2.12. The maximum Gasteiger partial charge on any atom is 0.0455 e. The Morgan fingerprint density at radius 2 is 2.15 bits per heavy atom. The summed E-state index contributed by atoms with van der Waals surface area (Å²) in [6, 6.07) is 4.11. The van der Waals surface area contributed by atoms with E-state index in [1.807, 2.05) is 6.07 Å². The first-order valence-electron chi connectivity index (χ1n) is 4.31. The Labute approximate surface area is 89.9 Å². The highest BCUT2D eigenvalue weighted by molar-refractivity contribution is 6.31. The highest BCUT2D eigenvalue weighted by atomic mass is 35.5. The molecule has 1 aromatic rings. The van der Waals surface area contributed by atoms with E-state index in [1.165, 1.54) is 29.7 Å². The van der Waals surface area contributed by atoms with Crippen LogP contribution in [0.5, 0.6) is 0 Å². The van der Waals surface area contributed by atoms with Gasteiger partial charge in [0.1, 0.15) is 0 Å². The van der Waals surface area contributed by atoms with E-state index in [0.717, 1.165) is 11.6 Å². The van der Waals surface area contributed by atoms with Crippen LogP contribution in [0.3, 0.4) is 0 Å². The van der Waals surface area contributed by atoms with Crippen LogP contribution < -0.4 is 5.32 Å². The third kappa shape index (κ3) is 1.92. The average molecular weight is 218 g/mol. The van der Waals surface area contributed by atoms with Crippen molar-refractivity contribution in [3.63, 3.8) is 0 Å². The summed E-state index contributed by atoms with van der Waals surface area (Å²) in [5.41, 5.74) is 3.85. The summed E-state index contributed by atoms with van der Waals surface area (Å²) >= 11 is 6.01. The molecule has 1 aliphatic heterocycles. The Morgan fingerprint density at radius 1 is 1.38 bits per heavy atom. The van der Waals surface area contributed by atoms with Gasteiger partial charge in [-0.2, -0.15) is 0 Å². The Morgan fingerprint density at radius 3 is 2.92 bits per heavy atom. The summed E-state index contributed by atoms with van der Waals surface area (Å²) < 4.78 is 0. The molecule has 0 saturated carbocycles. The van der Waals surface area contributed by atoms with Crippen LogP contribution in [0.4, 0.5) is 5.69 Å². The lowest BCUT2D eigenvalue weighted by Crippen LogP contribution is -2.12. The topological polar surface area (TPSA) is 12.0 Å². The van der Waals surface area contributed by atoms with E-state index in [0.29, 0.717) is 0 Å². The van der Waals surface area contributed by atoms with Crippen molar-refractivity contribution in [2.75, 3.05) is 11.9 Å². The van der Waals surface area contributed by atoms with Crippen molar-refractivity contribution in [3.8, 4) is 0 Å². The second kappa shape index (κ2) is 4.21. The van der Waals surface area contributed by atoms with E-state index in [1.54, 1.807) is 0 Å². The summed E-state index contributed by atoms with van der Waals surface area (Å²) in [5.74, 6) is 0. The molecule has 0 unspecified atom stereocenters. The molecule has 3 heteroatoms. The third-order valence-corrected chi connectivity index (χ3v) is 2.82. The molecule has 0 saturated heterocycles. The second-order valence-electron chi connectivity index (χ2n) is 3.24. The maximum atomic E-state index is 6.01. The molecule has 0 fully saturated rings. The summed E-state index contributed by atoms with van der Waals surface area (Å²) in [5, 5.41) is 4.25. The molecule has 0 spiro atoms. The van der Waals surface area contributed by atoms with Gasteiger partial charge in [-0.25, -0.2) is 0 Å². The van der Waals surface area contributed by atoms with Crippen LogP contribution in [-0.2, 0) is 6.42 Å². The van der Waals surface area contributed by atoms with Crippen molar-refractivity contribution in [2.24, 2.45) is 0 Å². The summed E-state index contributed by atoms with van der Waals surface area (Å²) in [7, 11) is 0. The van der Waals surface area contributed by atoms with Crippen LogP contribution in [0, 0.1) is 6.92 Å². The van der Waals surface area contributed by atoms with Gasteiger partial charge in [0.15, 0.2) is 0 Å². The number of anilines is 1. The lowest BCUT2D eigenvalue weighted by atomic mass is 10.0. The van der Waals surface area contributed by atoms with E-state index >= 15 is 0 Å². The van der Waals surface area contributed by atoms with Crippen molar-refractivity contribution in [1.29, 1.82) is 0 Å². The van der Waals surface area contributed by atoms with Gasteiger partial charge in [-0.15, -0.1) is 12.4 Å². The fraction of sp³-hybridized carbons (Fsp3) is 0.400. The van der Waals surface area contributed by atoms with Crippen molar-refractivity contribution >= 4 is 29.7 Å². The number of halogens is 2. The smallest absolute Gasteiger partial charge is 0.0455 e. The molecule has 0 atom stereocenters.